The van der Waals surface area contributed by atoms with Gasteiger partial charge in [-0.05, 0) is 57.2 Å². The van der Waals surface area contributed by atoms with Crippen LogP contribution in [0.1, 0.15) is 52.4 Å². The molecule has 2 N–H and O–H groups in total. The van der Waals surface area contributed by atoms with Crippen LogP contribution >= 0.6 is 0 Å². The molecule has 2 aliphatic rings. The molecule has 0 spiro atoms. The highest BCUT2D eigenvalue weighted by atomic mass is 16.2. The number of hydrogen-bond acceptors (Lipinski definition) is 3. The van der Waals surface area contributed by atoms with Crippen molar-refractivity contribution in [2.24, 2.45) is 17.1 Å². The van der Waals surface area contributed by atoms with E-state index in [2.05, 4.69) is 23.6 Å². The maximum Gasteiger partial charge on any atom is 0.226 e. The lowest BCUT2D eigenvalue weighted by molar-refractivity contribution is -0.138. The number of amides is 1. The molecule has 1 saturated heterocycles. The Balaban J connectivity index is 1.83. The summed E-state index contributed by atoms with van der Waals surface area (Å²) >= 11 is 0. The van der Waals surface area contributed by atoms with Crippen LogP contribution in [-0.2, 0) is 4.79 Å². The highest BCUT2D eigenvalue weighted by molar-refractivity contribution is 5.80. The molecule has 2 fully saturated rings. The van der Waals surface area contributed by atoms with Crippen molar-refractivity contribution in [1.29, 1.82) is 0 Å². The molecule has 1 aliphatic heterocycles. The summed E-state index contributed by atoms with van der Waals surface area (Å²) in [5, 5.41) is 0. The van der Waals surface area contributed by atoms with Crippen molar-refractivity contribution >= 4 is 5.91 Å². The Kier molecular flexibility index (Phi) is 6.06. The minimum Gasteiger partial charge on any atom is -0.341 e. The van der Waals surface area contributed by atoms with Gasteiger partial charge in [-0.3, -0.25) is 4.79 Å². The molecule has 0 aromatic heterocycles. The second kappa shape index (κ2) is 7.59. The Bertz CT molecular complexity index is 343. The van der Waals surface area contributed by atoms with E-state index in [1.165, 1.54) is 19.3 Å². The van der Waals surface area contributed by atoms with Crippen LogP contribution in [0.25, 0.3) is 0 Å². The van der Waals surface area contributed by atoms with Gasteiger partial charge in [-0.1, -0.05) is 20.3 Å². The predicted molar refractivity (Wildman–Crippen MR) is 87.0 cm³/mol. The molecule has 2 rings (SSSR count). The van der Waals surface area contributed by atoms with Gasteiger partial charge in [0.1, 0.15) is 0 Å². The second-order valence-electron chi connectivity index (χ2n) is 7.45. The van der Waals surface area contributed by atoms with Crippen molar-refractivity contribution in [1.82, 2.24) is 9.80 Å². The maximum atomic E-state index is 12.8. The number of carbonyl (C=O) groups excluding carboxylic acids is 1. The lowest BCUT2D eigenvalue weighted by Gasteiger charge is -2.31. The van der Waals surface area contributed by atoms with Crippen LogP contribution in [0, 0.1) is 11.3 Å². The zero-order valence-corrected chi connectivity index (χ0v) is 13.9. The van der Waals surface area contributed by atoms with Crippen molar-refractivity contribution < 1.29 is 4.79 Å². The first-order chi connectivity index (χ1) is 10.0. The third-order valence-electron chi connectivity index (χ3n) is 5.38. The van der Waals surface area contributed by atoms with Gasteiger partial charge in [-0.25, -0.2) is 0 Å². The summed E-state index contributed by atoms with van der Waals surface area (Å²) in [6, 6.07) is 0. The Labute approximate surface area is 130 Å². The molecule has 1 saturated carbocycles. The minimum absolute atomic E-state index is 0.199. The first-order valence-corrected chi connectivity index (χ1v) is 8.76. The number of hydrogen-bond donors (Lipinski definition) is 1. The van der Waals surface area contributed by atoms with Crippen LogP contribution in [0.3, 0.4) is 0 Å². The normalized spacial score (nSPS) is 26.8. The topological polar surface area (TPSA) is 49.6 Å². The average molecular weight is 295 g/mol. The summed E-state index contributed by atoms with van der Waals surface area (Å²) in [5.41, 5.74) is 5.76. The van der Waals surface area contributed by atoms with Gasteiger partial charge in [0.05, 0.1) is 0 Å². The first kappa shape index (κ1) is 16.8. The van der Waals surface area contributed by atoms with Crippen LogP contribution in [0.15, 0.2) is 0 Å². The summed E-state index contributed by atoms with van der Waals surface area (Å²) in [6.07, 6.45) is 6.89. The molecule has 0 aromatic carbocycles. The van der Waals surface area contributed by atoms with E-state index in [9.17, 15) is 4.79 Å². The Hall–Kier alpha value is -0.610. The van der Waals surface area contributed by atoms with Crippen LogP contribution in [-0.4, -0.2) is 55.0 Å². The summed E-state index contributed by atoms with van der Waals surface area (Å²) in [7, 11) is 0. The van der Waals surface area contributed by atoms with Crippen LogP contribution < -0.4 is 5.73 Å². The summed E-state index contributed by atoms with van der Waals surface area (Å²) in [5.74, 6) is 0.669. The Morgan fingerprint density at radius 2 is 1.95 bits per heavy atom. The van der Waals surface area contributed by atoms with Crippen molar-refractivity contribution in [2.75, 3.05) is 39.3 Å². The molecular formula is C17H33N3O. The van der Waals surface area contributed by atoms with E-state index in [0.717, 1.165) is 58.5 Å². The molecule has 0 radical (unpaired) electrons. The predicted octanol–water partition coefficient (Wildman–Crippen LogP) is 2.09. The molecule has 0 bridgehead atoms. The highest BCUT2D eigenvalue weighted by Gasteiger charge is 2.41. The van der Waals surface area contributed by atoms with Crippen LogP contribution in [0.5, 0.6) is 0 Å². The standard InChI is InChI=1S/C17H33N3O/c1-17(2)8-5-7-15(17)16(21)20-12-6-11-19(13-14-20)10-4-3-9-18/h15H,3-14,18H2,1-2H3. The molecule has 1 aliphatic carbocycles. The van der Waals surface area contributed by atoms with Crippen molar-refractivity contribution in [2.45, 2.75) is 52.4 Å². The number of nitrogens with two attached hydrogens (primary N) is 1. The third-order valence-corrected chi connectivity index (χ3v) is 5.38. The first-order valence-electron chi connectivity index (χ1n) is 8.76. The summed E-state index contributed by atoms with van der Waals surface area (Å²) < 4.78 is 0. The van der Waals surface area contributed by atoms with Gasteiger partial charge in [0.2, 0.25) is 5.91 Å². The average Bonchev–Trinajstić information content (AvgIpc) is 2.66. The van der Waals surface area contributed by atoms with E-state index in [4.69, 9.17) is 5.73 Å². The number of unbranched alkanes of at least 4 members (excludes halogenated alkanes) is 1. The van der Waals surface area contributed by atoms with Crippen molar-refractivity contribution in [3.63, 3.8) is 0 Å². The number of carbonyl (C=O) groups is 1. The van der Waals surface area contributed by atoms with Crippen molar-refractivity contribution in [3.05, 3.63) is 0 Å². The molecule has 1 unspecified atom stereocenters. The van der Waals surface area contributed by atoms with E-state index >= 15 is 0 Å². The Morgan fingerprint density at radius 3 is 2.62 bits per heavy atom. The largest absolute Gasteiger partial charge is 0.341 e. The van der Waals surface area contributed by atoms with Gasteiger partial charge in [-0.2, -0.15) is 0 Å². The smallest absolute Gasteiger partial charge is 0.226 e. The molecular weight excluding hydrogens is 262 g/mol. The van der Waals surface area contributed by atoms with Crippen molar-refractivity contribution in [3.8, 4) is 0 Å². The van der Waals surface area contributed by atoms with Gasteiger partial charge < -0.3 is 15.5 Å². The van der Waals surface area contributed by atoms with Crippen LogP contribution in [0.2, 0.25) is 0 Å². The van der Waals surface area contributed by atoms with E-state index < -0.39 is 0 Å². The number of nitrogens with zero attached hydrogens (tertiary/aromatic N) is 2. The van der Waals surface area contributed by atoms with E-state index in [0.29, 0.717) is 5.91 Å². The summed E-state index contributed by atoms with van der Waals surface area (Å²) in [4.78, 5) is 17.5. The molecule has 1 heterocycles. The fraction of sp³-hybridized carbons (Fsp3) is 0.941. The molecule has 1 atom stereocenters. The molecule has 4 nitrogen and oxygen atoms in total. The lowest BCUT2D eigenvalue weighted by atomic mass is 9.81. The fourth-order valence-corrected chi connectivity index (χ4v) is 3.90. The minimum atomic E-state index is 0.199. The molecule has 21 heavy (non-hydrogen) atoms. The van der Waals surface area contributed by atoms with E-state index in [1.807, 2.05) is 0 Å². The van der Waals surface area contributed by atoms with Gasteiger partial charge >= 0.3 is 0 Å². The van der Waals surface area contributed by atoms with Gasteiger partial charge in [0.15, 0.2) is 0 Å². The molecule has 0 aromatic rings. The fourth-order valence-electron chi connectivity index (χ4n) is 3.90. The molecule has 122 valence electrons. The van der Waals surface area contributed by atoms with Gasteiger partial charge in [0, 0.05) is 25.6 Å². The van der Waals surface area contributed by atoms with E-state index in [-0.39, 0.29) is 11.3 Å². The van der Waals surface area contributed by atoms with Gasteiger partial charge in [-0.15, -0.1) is 0 Å². The Morgan fingerprint density at radius 1 is 1.14 bits per heavy atom. The van der Waals surface area contributed by atoms with Gasteiger partial charge in [0.25, 0.3) is 0 Å². The zero-order valence-electron chi connectivity index (χ0n) is 13.9. The third kappa shape index (κ3) is 4.43. The quantitative estimate of drug-likeness (QED) is 0.790. The van der Waals surface area contributed by atoms with E-state index in [1.54, 1.807) is 0 Å². The monoisotopic (exact) mass is 295 g/mol. The zero-order chi connectivity index (χ0) is 15.3. The van der Waals surface area contributed by atoms with Crippen LogP contribution in [0.4, 0.5) is 0 Å². The molecule has 4 heteroatoms. The summed E-state index contributed by atoms with van der Waals surface area (Å²) in [6.45, 7) is 10.5. The molecule has 1 amide bonds. The lowest BCUT2D eigenvalue weighted by Crippen LogP contribution is -2.42. The highest BCUT2D eigenvalue weighted by Crippen LogP contribution is 2.43. The maximum absolute atomic E-state index is 12.8. The number of rotatable bonds is 5. The SMILES string of the molecule is CC1(C)CCCC1C(=O)N1CCCN(CCCCN)CC1. The second-order valence-corrected chi connectivity index (χ2v) is 7.45.